The topological polar surface area (TPSA) is 102 Å². The van der Waals surface area contributed by atoms with E-state index in [0.29, 0.717) is 0 Å². The molecule has 0 aliphatic carbocycles. The molecule has 0 heterocycles. The molecule has 0 atom stereocenters. The third-order valence-electron chi connectivity index (χ3n) is 3.88. The zero-order valence-electron chi connectivity index (χ0n) is 16.4. The van der Waals surface area contributed by atoms with Crippen LogP contribution in [-0.4, -0.2) is 33.4 Å². The van der Waals surface area contributed by atoms with Gasteiger partial charge in [0.05, 0.1) is 15.6 Å². The molecule has 0 saturated carbocycles. The van der Waals surface area contributed by atoms with E-state index in [9.17, 15) is 18.0 Å². The van der Waals surface area contributed by atoms with E-state index >= 15 is 0 Å². The summed E-state index contributed by atoms with van der Waals surface area (Å²) in [6.07, 6.45) is 0. The number of halogens is 2. The molecule has 0 aromatic heterocycles. The van der Waals surface area contributed by atoms with Crippen LogP contribution in [0.5, 0.6) is 0 Å². The monoisotopic (exact) mass is 472 g/mol. The highest BCUT2D eigenvalue weighted by atomic mass is 35.5. The minimum absolute atomic E-state index is 0.0738. The Morgan fingerprint density at radius 2 is 1.73 bits per heavy atom. The number of rotatable bonds is 9. The van der Waals surface area contributed by atoms with Gasteiger partial charge in [-0.15, -0.1) is 0 Å². The molecule has 7 nitrogen and oxygen atoms in total. The van der Waals surface area contributed by atoms with Crippen LogP contribution in [0.1, 0.15) is 29.8 Å². The van der Waals surface area contributed by atoms with Crippen molar-refractivity contribution >= 4 is 45.1 Å². The van der Waals surface area contributed by atoms with Crippen LogP contribution in [0.25, 0.3) is 0 Å². The Morgan fingerprint density at radius 1 is 1.07 bits per heavy atom. The van der Waals surface area contributed by atoms with Crippen molar-refractivity contribution in [2.45, 2.75) is 25.3 Å². The predicted molar refractivity (Wildman–Crippen MR) is 115 cm³/mol. The van der Waals surface area contributed by atoms with Crippen LogP contribution in [0.15, 0.2) is 47.4 Å². The molecule has 0 aliphatic heterocycles. The van der Waals surface area contributed by atoms with Crippen LogP contribution in [0.4, 0.5) is 0 Å². The second-order valence-electron chi connectivity index (χ2n) is 6.85. The standard InChI is InChI=1S/C20H22Cl2N2O5S/c1-13(2)10-24-30(27,28)18-8-15(16(21)9-17(18)22)20(26)29-12-19(25)23-11-14-6-4-3-5-7-14/h3-9,13,24H,10-12H2,1-2H3,(H,23,25). The maximum Gasteiger partial charge on any atom is 0.340 e. The van der Waals surface area contributed by atoms with Gasteiger partial charge in [-0.1, -0.05) is 67.4 Å². The second kappa shape index (κ2) is 10.8. The van der Waals surface area contributed by atoms with E-state index in [2.05, 4.69) is 10.0 Å². The Balaban J connectivity index is 2.05. The number of hydrogen-bond donors (Lipinski definition) is 2. The summed E-state index contributed by atoms with van der Waals surface area (Å²) in [6, 6.07) is 11.4. The van der Waals surface area contributed by atoms with E-state index in [1.165, 1.54) is 0 Å². The van der Waals surface area contributed by atoms with Gasteiger partial charge in [-0.05, 0) is 23.6 Å². The van der Waals surface area contributed by atoms with Crippen LogP contribution in [0.2, 0.25) is 10.0 Å². The summed E-state index contributed by atoms with van der Waals surface area (Å²) in [5.41, 5.74) is 0.684. The molecule has 2 aromatic rings. The maximum absolute atomic E-state index is 12.5. The fourth-order valence-corrected chi connectivity index (χ4v) is 4.36. The van der Waals surface area contributed by atoms with Gasteiger partial charge >= 0.3 is 5.97 Å². The highest BCUT2D eigenvalue weighted by molar-refractivity contribution is 7.89. The molecule has 0 spiro atoms. The van der Waals surface area contributed by atoms with Crippen molar-refractivity contribution in [3.63, 3.8) is 0 Å². The lowest BCUT2D eigenvalue weighted by Crippen LogP contribution is -2.29. The number of benzene rings is 2. The van der Waals surface area contributed by atoms with Crippen LogP contribution < -0.4 is 10.0 Å². The van der Waals surface area contributed by atoms with Gasteiger partial charge in [-0.2, -0.15) is 0 Å². The number of carbonyl (C=O) groups is 2. The number of nitrogens with one attached hydrogen (secondary N) is 2. The fraction of sp³-hybridized carbons (Fsp3) is 0.300. The van der Waals surface area contributed by atoms with Gasteiger partial charge in [-0.25, -0.2) is 17.9 Å². The summed E-state index contributed by atoms with van der Waals surface area (Å²) < 4.78 is 32.3. The molecule has 162 valence electrons. The van der Waals surface area contributed by atoms with Crippen molar-refractivity contribution < 1.29 is 22.7 Å². The average Bonchev–Trinajstić information content (AvgIpc) is 2.69. The lowest BCUT2D eigenvalue weighted by molar-refractivity contribution is -0.124. The molecule has 0 aliphatic rings. The Kier molecular flexibility index (Phi) is 8.66. The van der Waals surface area contributed by atoms with E-state index in [1.807, 2.05) is 44.2 Å². The molecule has 30 heavy (non-hydrogen) atoms. The predicted octanol–water partition coefficient (Wildman–Crippen LogP) is 3.40. The summed E-state index contributed by atoms with van der Waals surface area (Å²) in [7, 11) is -3.96. The number of ether oxygens (including phenoxy) is 1. The maximum atomic E-state index is 12.5. The van der Waals surface area contributed by atoms with Gasteiger partial charge < -0.3 is 10.1 Å². The van der Waals surface area contributed by atoms with Crippen molar-refractivity contribution in [3.05, 3.63) is 63.6 Å². The molecular formula is C20H22Cl2N2O5S. The first-order valence-corrected chi connectivity index (χ1v) is 11.3. The van der Waals surface area contributed by atoms with Crippen LogP contribution >= 0.6 is 23.2 Å². The first-order valence-electron chi connectivity index (χ1n) is 9.06. The molecule has 2 N–H and O–H groups in total. The summed E-state index contributed by atoms with van der Waals surface area (Å²) in [4.78, 5) is 24.0. The number of carbonyl (C=O) groups excluding carboxylic acids is 2. The zero-order valence-corrected chi connectivity index (χ0v) is 18.8. The van der Waals surface area contributed by atoms with Crippen molar-refractivity contribution in [1.29, 1.82) is 0 Å². The molecule has 0 fully saturated rings. The normalized spacial score (nSPS) is 11.4. The molecule has 2 aromatic carbocycles. The van der Waals surface area contributed by atoms with Crippen LogP contribution in [0, 0.1) is 5.92 Å². The highest BCUT2D eigenvalue weighted by Gasteiger charge is 2.23. The first-order chi connectivity index (χ1) is 14.1. The van der Waals surface area contributed by atoms with Gasteiger partial charge in [0, 0.05) is 13.1 Å². The zero-order chi connectivity index (χ0) is 22.3. The Bertz CT molecular complexity index is 1010. The van der Waals surface area contributed by atoms with Gasteiger partial charge in [-0.3, -0.25) is 4.79 Å². The smallest absolute Gasteiger partial charge is 0.340 e. The van der Waals surface area contributed by atoms with Crippen molar-refractivity contribution in [2.24, 2.45) is 5.92 Å². The van der Waals surface area contributed by atoms with Gasteiger partial charge in [0.1, 0.15) is 4.90 Å². The number of sulfonamides is 1. The van der Waals surface area contributed by atoms with Gasteiger partial charge in [0.25, 0.3) is 5.91 Å². The Morgan fingerprint density at radius 3 is 2.37 bits per heavy atom. The molecular weight excluding hydrogens is 451 g/mol. The summed E-state index contributed by atoms with van der Waals surface area (Å²) in [6.45, 7) is 3.62. The lowest BCUT2D eigenvalue weighted by atomic mass is 10.2. The van der Waals surface area contributed by atoms with E-state index in [-0.39, 0.29) is 39.5 Å². The van der Waals surface area contributed by atoms with E-state index in [0.717, 1.165) is 17.7 Å². The lowest BCUT2D eigenvalue weighted by Gasteiger charge is -2.13. The largest absolute Gasteiger partial charge is 0.452 e. The Hall–Kier alpha value is -2.13. The van der Waals surface area contributed by atoms with E-state index < -0.39 is 28.5 Å². The number of esters is 1. The average molecular weight is 473 g/mol. The van der Waals surface area contributed by atoms with Gasteiger partial charge in [0.15, 0.2) is 6.61 Å². The van der Waals surface area contributed by atoms with Crippen LogP contribution in [0.3, 0.4) is 0 Å². The molecule has 0 bridgehead atoms. The highest BCUT2D eigenvalue weighted by Crippen LogP contribution is 2.29. The molecule has 10 heteroatoms. The number of amides is 1. The summed E-state index contributed by atoms with van der Waals surface area (Å²) in [5.74, 6) is -1.37. The van der Waals surface area contributed by atoms with Crippen molar-refractivity contribution in [1.82, 2.24) is 10.0 Å². The minimum Gasteiger partial charge on any atom is -0.452 e. The minimum atomic E-state index is -3.96. The molecule has 0 saturated heterocycles. The van der Waals surface area contributed by atoms with E-state index in [4.69, 9.17) is 27.9 Å². The van der Waals surface area contributed by atoms with E-state index in [1.54, 1.807) is 0 Å². The third-order valence-corrected chi connectivity index (χ3v) is 6.08. The first kappa shape index (κ1) is 24.1. The Labute approximate surface area is 185 Å². The second-order valence-corrected chi connectivity index (χ2v) is 9.40. The third kappa shape index (κ3) is 6.98. The fourth-order valence-electron chi connectivity index (χ4n) is 2.30. The molecule has 0 unspecified atom stereocenters. The van der Waals surface area contributed by atoms with Crippen molar-refractivity contribution in [3.8, 4) is 0 Å². The van der Waals surface area contributed by atoms with Crippen LogP contribution in [-0.2, 0) is 26.1 Å². The molecule has 2 rings (SSSR count). The van der Waals surface area contributed by atoms with Crippen molar-refractivity contribution in [2.75, 3.05) is 13.2 Å². The summed E-state index contributed by atoms with van der Waals surface area (Å²) in [5, 5.41) is 2.40. The number of hydrogen-bond acceptors (Lipinski definition) is 5. The van der Waals surface area contributed by atoms with Gasteiger partial charge in [0.2, 0.25) is 10.0 Å². The summed E-state index contributed by atoms with van der Waals surface area (Å²) >= 11 is 12.0. The molecule has 1 amide bonds. The quantitative estimate of drug-likeness (QED) is 0.544. The molecule has 0 radical (unpaired) electrons. The SMILES string of the molecule is CC(C)CNS(=O)(=O)c1cc(C(=O)OCC(=O)NCc2ccccc2)c(Cl)cc1Cl.